The first-order valence-corrected chi connectivity index (χ1v) is 5.49. The van der Waals surface area contributed by atoms with Crippen LogP contribution in [0.4, 0.5) is 14.6 Å². The van der Waals surface area contributed by atoms with E-state index in [4.69, 9.17) is 10.5 Å². The molecule has 19 heavy (non-hydrogen) atoms. The number of aliphatic hydroxyl groups excluding tert-OH is 2. The van der Waals surface area contributed by atoms with Crippen molar-refractivity contribution in [2.45, 2.75) is 37.4 Å². The molecule has 1 aliphatic heterocycles. The number of nitrogens with zero attached hydrogens (tertiary/aromatic N) is 2. The fraction of sp³-hybridized carbons (Fsp3) is 0.600. The number of ether oxygens (including phenoxy) is 1. The molecular weight excluding hydrogens is 264 g/mol. The lowest BCUT2D eigenvalue weighted by molar-refractivity contribution is -0.141. The monoisotopic (exact) mass is 277 g/mol. The van der Waals surface area contributed by atoms with E-state index >= 15 is 0 Å². The van der Waals surface area contributed by atoms with E-state index in [0.717, 1.165) is 12.3 Å². The Balaban J connectivity index is 2.42. The second-order valence-corrected chi connectivity index (χ2v) is 4.36. The highest BCUT2D eigenvalue weighted by Gasteiger charge is 2.60. The second-order valence-electron chi connectivity index (χ2n) is 4.36. The van der Waals surface area contributed by atoms with Crippen molar-refractivity contribution in [1.29, 1.82) is 0 Å². The SMILES string of the molecule is CC(O)C1OC(n2ccc(N)nc2=O)C(F)(F)C1O. The predicted molar refractivity (Wildman–Crippen MR) is 59.5 cm³/mol. The van der Waals surface area contributed by atoms with Gasteiger partial charge in [-0.2, -0.15) is 13.8 Å². The predicted octanol–water partition coefficient (Wildman–Crippen LogP) is -0.900. The average Bonchev–Trinajstić information content (AvgIpc) is 2.52. The Bertz CT molecular complexity index is 534. The van der Waals surface area contributed by atoms with Gasteiger partial charge in [0.1, 0.15) is 11.9 Å². The van der Waals surface area contributed by atoms with Gasteiger partial charge in [0.25, 0.3) is 0 Å². The van der Waals surface area contributed by atoms with Gasteiger partial charge < -0.3 is 20.7 Å². The van der Waals surface area contributed by atoms with Crippen LogP contribution in [0.15, 0.2) is 17.1 Å². The molecule has 1 aliphatic rings. The van der Waals surface area contributed by atoms with E-state index in [2.05, 4.69) is 4.98 Å². The number of aromatic nitrogens is 2. The van der Waals surface area contributed by atoms with Crippen LogP contribution >= 0.6 is 0 Å². The van der Waals surface area contributed by atoms with Crippen LogP contribution in [0.2, 0.25) is 0 Å². The molecule has 4 unspecified atom stereocenters. The summed E-state index contributed by atoms with van der Waals surface area (Å²) in [6.07, 6.45) is -6.07. The van der Waals surface area contributed by atoms with Gasteiger partial charge >= 0.3 is 11.6 Å². The topological polar surface area (TPSA) is 111 Å². The Morgan fingerprint density at radius 3 is 2.74 bits per heavy atom. The molecule has 2 rings (SSSR count). The summed E-state index contributed by atoms with van der Waals surface area (Å²) in [6, 6.07) is 1.16. The number of anilines is 1. The lowest BCUT2D eigenvalue weighted by Crippen LogP contribution is -2.43. The van der Waals surface area contributed by atoms with Gasteiger partial charge in [0.2, 0.25) is 6.23 Å². The highest BCUT2D eigenvalue weighted by molar-refractivity contribution is 5.23. The number of halogens is 2. The van der Waals surface area contributed by atoms with Crippen molar-refractivity contribution in [2.75, 3.05) is 5.73 Å². The summed E-state index contributed by atoms with van der Waals surface area (Å²) < 4.78 is 33.2. The normalized spacial score (nSPS) is 31.3. The van der Waals surface area contributed by atoms with Crippen LogP contribution in [-0.2, 0) is 4.74 Å². The van der Waals surface area contributed by atoms with E-state index in [-0.39, 0.29) is 5.82 Å². The van der Waals surface area contributed by atoms with Gasteiger partial charge in [-0.05, 0) is 13.0 Å². The van der Waals surface area contributed by atoms with Crippen LogP contribution in [0.1, 0.15) is 13.2 Å². The van der Waals surface area contributed by atoms with E-state index in [9.17, 15) is 23.8 Å². The van der Waals surface area contributed by atoms with Gasteiger partial charge in [-0.15, -0.1) is 0 Å². The quantitative estimate of drug-likeness (QED) is 0.646. The molecule has 1 fully saturated rings. The molecule has 7 nitrogen and oxygen atoms in total. The van der Waals surface area contributed by atoms with E-state index in [0.29, 0.717) is 4.57 Å². The number of nitrogen functional groups attached to an aromatic ring is 1. The minimum absolute atomic E-state index is 0.116. The standard InChI is InChI=1S/C10H13F2N3O4/c1-4(16)6-7(17)10(11,12)8(19-6)15-3-2-5(13)14-9(15)18/h2-4,6-8,16-17H,1H3,(H2,13,14,18). The van der Waals surface area contributed by atoms with Crippen molar-refractivity contribution in [2.24, 2.45) is 0 Å². The van der Waals surface area contributed by atoms with Crippen molar-refractivity contribution in [1.82, 2.24) is 9.55 Å². The van der Waals surface area contributed by atoms with Crippen LogP contribution in [0, 0.1) is 0 Å². The van der Waals surface area contributed by atoms with Crippen LogP contribution in [-0.4, -0.2) is 44.0 Å². The Kier molecular flexibility index (Phi) is 3.29. The zero-order valence-corrected chi connectivity index (χ0v) is 9.90. The Morgan fingerprint density at radius 2 is 2.26 bits per heavy atom. The maximum atomic E-state index is 13.9. The average molecular weight is 277 g/mol. The van der Waals surface area contributed by atoms with Gasteiger partial charge in [-0.1, -0.05) is 0 Å². The summed E-state index contributed by atoms with van der Waals surface area (Å²) in [5.74, 6) is -3.85. The summed E-state index contributed by atoms with van der Waals surface area (Å²) in [5.41, 5.74) is 4.23. The van der Waals surface area contributed by atoms with Crippen molar-refractivity contribution < 1.29 is 23.7 Å². The third kappa shape index (κ3) is 2.20. The summed E-state index contributed by atoms with van der Waals surface area (Å²) in [4.78, 5) is 14.8. The van der Waals surface area contributed by atoms with Crippen molar-refractivity contribution in [3.8, 4) is 0 Å². The molecule has 4 atom stereocenters. The fourth-order valence-electron chi connectivity index (χ4n) is 1.91. The van der Waals surface area contributed by atoms with Gasteiger partial charge in [0.05, 0.1) is 6.10 Å². The van der Waals surface area contributed by atoms with Crippen molar-refractivity contribution in [3.63, 3.8) is 0 Å². The minimum atomic E-state index is -3.73. The zero-order valence-electron chi connectivity index (χ0n) is 9.90. The fourth-order valence-corrected chi connectivity index (χ4v) is 1.91. The lowest BCUT2D eigenvalue weighted by Gasteiger charge is -2.20. The molecule has 1 aromatic heterocycles. The molecular formula is C10H13F2N3O4. The van der Waals surface area contributed by atoms with Gasteiger partial charge in [-0.3, -0.25) is 4.57 Å². The molecule has 1 aromatic rings. The molecule has 9 heteroatoms. The number of rotatable bonds is 2. The molecule has 4 N–H and O–H groups in total. The highest BCUT2D eigenvalue weighted by atomic mass is 19.3. The van der Waals surface area contributed by atoms with Crippen molar-refractivity contribution >= 4 is 5.82 Å². The zero-order chi connectivity index (χ0) is 14.4. The molecule has 1 saturated heterocycles. The maximum Gasteiger partial charge on any atom is 0.351 e. The minimum Gasteiger partial charge on any atom is -0.391 e. The van der Waals surface area contributed by atoms with Crippen LogP contribution in [0.3, 0.4) is 0 Å². The Hall–Kier alpha value is -1.58. The number of hydrogen-bond donors (Lipinski definition) is 3. The highest BCUT2D eigenvalue weighted by Crippen LogP contribution is 2.43. The van der Waals surface area contributed by atoms with Gasteiger partial charge in [0.15, 0.2) is 6.10 Å². The molecule has 2 heterocycles. The molecule has 0 aliphatic carbocycles. The molecule has 0 bridgehead atoms. The van der Waals surface area contributed by atoms with E-state index < -0.39 is 36.2 Å². The molecule has 0 aromatic carbocycles. The van der Waals surface area contributed by atoms with E-state index in [1.165, 1.54) is 6.92 Å². The van der Waals surface area contributed by atoms with E-state index in [1.807, 2.05) is 0 Å². The smallest absolute Gasteiger partial charge is 0.351 e. The lowest BCUT2D eigenvalue weighted by atomic mass is 10.1. The summed E-state index contributed by atoms with van der Waals surface area (Å²) >= 11 is 0. The second kappa shape index (κ2) is 4.51. The largest absolute Gasteiger partial charge is 0.391 e. The number of aliphatic hydroxyl groups is 2. The summed E-state index contributed by atoms with van der Waals surface area (Å²) in [5, 5.41) is 18.8. The Labute approximate surface area is 106 Å². The van der Waals surface area contributed by atoms with Gasteiger partial charge in [-0.25, -0.2) is 4.79 Å². The first kappa shape index (κ1) is 13.8. The van der Waals surface area contributed by atoms with Crippen LogP contribution in [0.25, 0.3) is 0 Å². The maximum absolute atomic E-state index is 13.9. The Morgan fingerprint density at radius 1 is 1.63 bits per heavy atom. The third-order valence-corrected chi connectivity index (χ3v) is 2.90. The van der Waals surface area contributed by atoms with Crippen LogP contribution < -0.4 is 11.4 Å². The molecule has 106 valence electrons. The van der Waals surface area contributed by atoms with E-state index in [1.54, 1.807) is 0 Å². The third-order valence-electron chi connectivity index (χ3n) is 2.90. The van der Waals surface area contributed by atoms with Crippen molar-refractivity contribution in [3.05, 3.63) is 22.7 Å². The first-order chi connectivity index (χ1) is 8.75. The van der Waals surface area contributed by atoms with Crippen LogP contribution in [0.5, 0.6) is 0 Å². The molecule has 0 spiro atoms. The first-order valence-electron chi connectivity index (χ1n) is 5.49. The number of nitrogens with two attached hydrogens (primary N) is 1. The summed E-state index contributed by atoms with van der Waals surface area (Å²) in [7, 11) is 0. The molecule has 0 amide bonds. The number of hydrogen-bond acceptors (Lipinski definition) is 6. The number of alkyl halides is 2. The van der Waals surface area contributed by atoms with Gasteiger partial charge in [0, 0.05) is 6.20 Å². The summed E-state index contributed by atoms with van der Waals surface area (Å²) in [6.45, 7) is 1.20. The molecule has 0 radical (unpaired) electrons. The molecule has 0 saturated carbocycles.